The van der Waals surface area contributed by atoms with Crippen LogP contribution in [0.2, 0.25) is 10.0 Å². The first-order valence-electron chi connectivity index (χ1n) is 14.0. The summed E-state index contributed by atoms with van der Waals surface area (Å²) in [6, 6.07) is 12.7. The van der Waals surface area contributed by atoms with E-state index in [1.165, 1.54) is 11.1 Å². The van der Waals surface area contributed by atoms with E-state index >= 15 is 0 Å². The van der Waals surface area contributed by atoms with E-state index in [1.54, 1.807) is 0 Å². The Morgan fingerprint density at radius 3 is 1.60 bits per heavy atom. The molecule has 232 valence electrons. The molecule has 0 N–H and O–H groups in total. The Morgan fingerprint density at radius 1 is 0.714 bits per heavy atom. The number of aliphatic imine (C=N–C) groups is 1. The second-order valence-electron chi connectivity index (χ2n) is 14.6. The molecule has 0 unspecified atom stereocenters. The van der Waals surface area contributed by atoms with Crippen LogP contribution >= 0.6 is 23.2 Å². The molecule has 0 aliphatic carbocycles. The maximum atomic E-state index is 12.2. The quantitative estimate of drug-likeness (QED) is 0.208. The average Bonchev–Trinajstić information content (AvgIpc) is 2.81. The van der Waals surface area contributed by atoms with Crippen LogP contribution in [0.1, 0.15) is 111 Å². The summed E-state index contributed by atoms with van der Waals surface area (Å²) in [5.74, 6) is -1.08. The van der Waals surface area contributed by atoms with Crippen molar-refractivity contribution in [1.82, 2.24) is 4.98 Å². The number of halogens is 2. The van der Waals surface area contributed by atoms with Crippen LogP contribution < -0.4 is 10.2 Å². The van der Waals surface area contributed by atoms with E-state index in [0.717, 1.165) is 17.8 Å². The third-order valence-electron chi connectivity index (χ3n) is 6.72. The summed E-state index contributed by atoms with van der Waals surface area (Å²) in [5, 5.41) is 24.8. The fraction of sp³-hybridized carbons (Fsp3) is 0.486. The minimum Gasteiger partial charge on any atom is -0.873 e. The number of pyridine rings is 1. The van der Waals surface area contributed by atoms with Crippen LogP contribution in [-0.4, -0.2) is 11.2 Å². The zero-order chi connectivity index (χ0) is 31.6. The maximum Gasteiger partial charge on any atom is 2.00 e. The zero-order valence-electron chi connectivity index (χ0n) is 27.1. The van der Waals surface area contributed by atoms with Crippen LogP contribution in [0.15, 0.2) is 47.6 Å². The Kier molecular flexibility index (Phi) is 12.8. The molecule has 2 aromatic carbocycles. The van der Waals surface area contributed by atoms with Gasteiger partial charge in [-0.25, -0.2) is 0 Å². The van der Waals surface area contributed by atoms with Gasteiger partial charge in [0.25, 0.3) is 0 Å². The molecule has 0 saturated carbocycles. The van der Waals surface area contributed by atoms with Gasteiger partial charge in [0.15, 0.2) is 0 Å². The van der Waals surface area contributed by atoms with Crippen molar-refractivity contribution in [2.75, 3.05) is 0 Å². The van der Waals surface area contributed by atoms with Crippen molar-refractivity contribution in [3.63, 3.8) is 0 Å². The minimum atomic E-state index is -0.540. The van der Waals surface area contributed by atoms with Crippen molar-refractivity contribution in [2.45, 2.75) is 111 Å². The third kappa shape index (κ3) is 9.73. The van der Waals surface area contributed by atoms with E-state index < -0.39 is 22.3 Å². The summed E-state index contributed by atoms with van der Waals surface area (Å²) < 4.78 is 0. The summed E-state index contributed by atoms with van der Waals surface area (Å²) in [6.07, 6.45) is 4.55. The van der Waals surface area contributed by atoms with E-state index in [-0.39, 0.29) is 37.4 Å². The molecule has 0 bridgehead atoms. The van der Waals surface area contributed by atoms with Gasteiger partial charge < -0.3 is 10.2 Å². The van der Waals surface area contributed by atoms with Crippen molar-refractivity contribution in [3.05, 3.63) is 80.6 Å². The number of hydrogen-bond acceptors (Lipinski definition) is 4. The van der Waals surface area contributed by atoms with E-state index in [2.05, 4.69) is 64.7 Å². The molecule has 42 heavy (non-hydrogen) atoms. The fourth-order valence-corrected chi connectivity index (χ4v) is 5.41. The number of nitrogens with zero attached hydrogens (tertiary/aromatic N) is 2. The van der Waals surface area contributed by atoms with Gasteiger partial charge in [-0.15, -0.1) is 11.5 Å². The molecule has 4 nitrogen and oxygen atoms in total. The van der Waals surface area contributed by atoms with E-state index in [0.29, 0.717) is 11.1 Å². The van der Waals surface area contributed by atoms with Gasteiger partial charge >= 0.3 is 16.5 Å². The van der Waals surface area contributed by atoms with E-state index in [9.17, 15) is 10.2 Å². The van der Waals surface area contributed by atoms with Crippen molar-refractivity contribution in [2.24, 2.45) is 4.99 Å². The Labute approximate surface area is 273 Å². The third-order valence-corrected chi connectivity index (χ3v) is 7.57. The second-order valence-corrected chi connectivity index (χ2v) is 15.4. The molecule has 0 aliphatic heterocycles. The molecule has 0 fully saturated rings. The first-order valence-corrected chi connectivity index (χ1v) is 14.8. The van der Waals surface area contributed by atoms with Crippen LogP contribution in [0, 0.1) is 0 Å². The van der Waals surface area contributed by atoms with Crippen molar-refractivity contribution < 1.29 is 26.7 Å². The Hall–Kier alpha value is -2.07. The normalized spacial score (nSPS) is 12.5. The number of hydrogen-bond donors (Lipinski definition) is 0. The molecular weight excluding hydrogens is 610 g/mol. The number of benzene rings is 2. The van der Waals surface area contributed by atoms with E-state index in [1.807, 2.05) is 72.2 Å². The average molecular weight is 656 g/mol. The van der Waals surface area contributed by atoms with Crippen LogP contribution in [0.3, 0.4) is 0 Å². The molecule has 0 atom stereocenters. The largest absolute Gasteiger partial charge is 2.00 e. The van der Waals surface area contributed by atoms with Gasteiger partial charge in [0.2, 0.25) is 0 Å². The van der Waals surface area contributed by atoms with Crippen LogP contribution in [-0.2, 0) is 44.6 Å². The zero-order valence-corrected chi connectivity index (χ0v) is 29.6. The Balaban J connectivity index is 0.000000423. The topological polar surface area (TPSA) is 71.4 Å². The van der Waals surface area contributed by atoms with Gasteiger partial charge in [0, 0.05) is 24.5 Å². The smallest absolute Gasteiger partial charge is 0.873 e. The van der Waals surface area contributed by atoms with Gasteiger partial charge in [0.05, 0.1) is 15.7 Å². The van der Waals surface area contributed by atoms with E-state index in [4.69, 9.17) is 28.2 Å². The van der Waals surface area contributed by atoms with Crippen molar-refractivity contribution in [1.29, 1.82) is 0 Å². The van der Waals surface area contributed by atoms with Gasteiger partial charge in [-0.05, 0) is 62.1 Å². The van der Waals surface area contributed by atoms with Crippen molar-refractivity contribution in [3.8, 4) is 11.5 Å². The molecule has 0 radical (unpaired) electrons. The fourth-order valence-electron chi connectivity index (χ4n) is 4.48. The first-order chi connectivity index (χ1) is 18.6. The molecule has 3 rings (SSSR count). The summed E-state index contributed by atoms with van der Waals surface area (Å²) in [5.41, 5.74) is 4.50. The number of rotatable bonds is 3. The van der Waals surface area contributed by atoms with Gasteiger partial charge in [0.1, 0.15) is 0 Å². The summed E-state index contributed by atoms with van der Waals surface area (Å²) in [6.45, 7) is 24.4. The molecule has 0 aliphatic rings. The van der Waals surface area contributed by atoms with Crippen LogP contribution in [0.25, 0.3) is 0 Å². The first kappa shape index (κ1) is 38.0. The van der Waals surface area contributed by atoms with Gasteiger partial charge in [-0.3, -0.25) is 9.98 Å². The number of aromatic nitrogens is 1. The van der Waals surface area contributed by atoms with Gasteiger partial charge in [-0.1, -0.05) is 124 Å². The standard InChI is InChI=1S/C21H28N2.C14H20Cl2O2.Ni/c1-20(2,3)16-10-11-18(21(4,5)6)19(15-16)23-14-12-17-9-7-8-13-22-17;1-13(2,3)7-9(15)10(16)8(14(4,5)6)12(18)11(7)17;/h7-11,13-15H,12H2,1-6H3;17-18H,1-6H3;/q;;+2/p-2. The molecule has 0 saturated heterocycles. The predicted molar refractivity (Wildman–Crippen MR) is 173 cm³/mol. The predicted octanol–water partition coefficient (Wildman–Crippen LogP) is 9.35. The second kappa shape index (κ2) is 14.1. The SMILES string of the molecule is CC(C)(C)c1c([O-])c([O-])c(C(C)(C)C)c(Cl)c1Cl.CC(C)(C)c1ccc(C(C)(C)C)c(N=CCc2ccccn2)c1.[Ni+2]. The van der Waals surface area contributed by atoms with Crippen LogP contribution in [0.5, 0.6) is 11.5 Å². The summed E-state index contributed by atoms with van der Waals surface area (Å²) >= 11 is 12.4. The molecular formula is C35H46Cl2N2NiO2. The summed E-state index contributed by atoms with van der Waals surface area (Å²) in [7, 11) is 0. The molecule has 1 aromatic heterocycles. The molecule has 0 amide bonds. The molecule has 1 heterocycles. The Bertz CT molecular complexity index is 1300. The van der Waals surface area contributed by atoms with Crippen LogP contribution in [0.4, 0.5) is 5.69 Å². The molecule has 3 aromatic rings. The van der Waals surface area contributed by atoms with Crippen molar-refractivity contribution >= 4 is 35.1 Å². The minimum absolute atomic E-state index is 0. The summed E-state index contributed by atoms with van der Waals surface area (Å²) in [4.78, 5) is 9.12. The maximum absolute atomic E-state index is 12.2. The molecule has 0 spiro atoms. The molecule has 7 heteroatoms. The van der Waals surface area contributed by atoms with Gasteiger partial charge in [-0.2, -0.15) is 0 Å². The Morgan fingerprint density at radius 2 is 1.21 bits per heavy atom. The monoisotopic (exact) mass is 654 g/mol.